The maximum atomic E-state index is 12.5. The van der Waals surface area contributed by atoms with Gasteiger partial charge >= 0.3 is 0 Å². The SMILES string of the molecule is Cc1oc(C)c(C(=O)C(C#N)c2ccccc2)c1C. The Morgan fingerprint density at radius 1 is 1.16 bits per heavy atom. The van der Waals surface area contributed by atoms with Crippen molar-refractivity contribution >= 4 is 5.78 Å². The van der Waals surface area contributed by atoms with Gasteiger partial charge in [-0.15, -0.1) is 0 Å². The summed E-state index contributed by atoms with van der Waals surface area (Å²) in [7, 11) is 0. The van der Waals surface area contributed by atoms with Gasteiger partial charge in [-0.1, -0.05) is 30.3 Å². The molecule has 0 N–H and O–H groups in total. The van der Waals surface area contributed by atoms with Gasteiger partial charge in [0.15, 0.2) is 5.78 Å². The molecule has 0 spiro atoms. The van der Waals surface area contributed by atoms with Crippen LogP contribution in [0.2, 0.25) is 0 Å². The monoisotopic (exact) mass is 253 g/mol. The van der Waals surface area contributed by atoms with Crippen LogP contribution in [0, 0.1) is 32.1 Å². The third kappa shape index (κ3) is 2.30. The summed E-state index contributed by atoms with van der Waals surface area (Å²) in [4.78, 5) is 12.5. The molecule has 0 fully saturated rings. The zero-order valence-electron chi connectivity index (χ0n) is 11.2. The number of ketones is 1. The number of hydrogen-bond acceptors (Lipinski definition) is 3. The van der Waals surface area contributed by atoms with Crippen LogP contribution in [0.25, 0.3) is 0 Å². The lowest BCUT2D eigenvalue weighted by molar-refractivity contribution is 0.0977. The van der Waals surface area contributed by atoms with Crippen LogP contribution >= 0.6 is 0 Å². The Balaban J connectivity index is 2.46. The molecule has 0 saturated heterocycles. The van der Waals surface area contributed by atoms with Gasteiger partial charge in [-0.3, -0.25) is 4.79 Å². The minimum atomic E-state index is -0.782. The number of benzene rings is 1. The van der Waals surface area contributed by atoms with Crippen molar-refractivity contribution in [1.29, 1.82) is 5.26 Å². The first-order chi connectivity index (χ1) is 9.06. The third-order valence-electron chi connectivity index (χ3n) is 3.33. The van der Waals surface area contributed by atoms with Crippen molar-refractivity contribution in [2.24, 2.45) is 0 Å². The second kappa shape index (κ2) is 5.11. The first-order valence-corrected chi connectivity index (χ1v) is 6.11. The molecule has 2 rings (SSSR count). The van der Waals surface area contributed by atoms with E-state index in [2.05, 4.69) is 6.07 Å². The Morgan fingerprint density at radius 2 is 1.79 bits per heavy atom. The summed E-state index contributed by atoms with van der Waals surface area (Å²) in [6.45, 7) is 5.42. The summed E-state index contributed by atoms with van der Waals surface area (Å²) < 4.78 is 5.47. The summed E-state index contributed by atoms with van der Waals surface area (Å²) in [6.07, 6.45) is 0. The van der Waals surface area contributed by atoms with E-state index in [1.165, 1.54) is 0 Å². The molecule has 1 unspecified atom stereocenters. The molecule has 0 aliphatic carbocycles. The second-order valence-electron chi connectivity index (χ2n) is 4.55. The van der Waals surface area contributed by atoms with Crippen LogP contribution in [0.3, 0.4) is 0 Å². The Labute approximate surface area is 112 Å². The van der Waals surface area contributed by atoms with E-state index in [9.17, 15) is 10.1 Å². The average Bonchev–Trinajstić information content (AvgIpc) is 2.65. The lowest BCUT2D eigenvalue weighted by Gasteiger charge is -2.08. The summed E-state index contributed by atoms with van der Waals surface area (Å²) in [5.41, 5.74) is 2.07. The Morgan fingerprint density at radius 3 is 2.26 bits per heavy atom. The zero-order valence-corrected chi connectivity index (χ0v) is 11.2. The largest absolute Gasteiger partial charge is 0.466 e. The predicted molar refractivity (Wildman–Crippen MR) is 72.0 cm³/mol. The van der Waals surface area contributed by atoms with Crippen LogP contribution < -0.4 is 0 Å². The minimum Gasteiger partial charge on any atom is -0.466 e. The molecular weight excluding hydrogens is 238 g/mol. The fraction of sp³-hybridized carbons (Fsp3) is 0.250. The maximum Gasteiger partial charge on any atom is 0.188 e. The van der Waals surface area contributed by atoms with Gasteiger partial charge in [0.1, 0.15) is 17.4 Å². The molecule has 0 aliphatic heterocycles. The predicted octanol–water partition coefficient (Wildman–Crippen LogP) is 3.69. The lowest BCUT2D eigenvalue weighted by atomic mass is 9.90. The zero-order chi connectivity index (χ0) is 14.0. The van der Waals surface area contributed by atoms with E-state index in [4.69, 9.17) is 4.42 Å². The van der Waals surface area contributed by atoms with Crippen molar-refractivity contribution in [1.82, 2.24) is 0 Å². The van der Waals surface area contributed by atoms with Crippen LogP contribution in [-0.4, -0.2) is 5.78 Å². The van der Waals surface area contributed by atoms with E-state index in [1.807, 2.05) is 32.0 Å². The molecule has 3 nitrogen and oxygen atoms in total. The Bertz CT molecular complexity index is 647. The quantitative estimate of drug-likeness (QED) is 0.784. The van der Waals surface area contributed by atoms with E-state index in [0.29, 0.717) is 16.9 Å². The molecule has 0 bridgehead atoms. The van der Waals surface area contributed by atoms with Crippen molar-refractivity contribution in [3.05, 3.63) is 58.5 Å². The normalized spacial score (nSPS) is 11.9. The third-order valence-corrected chi connectivity index (χ3v) is 3.33. The lowest BCUT2D eigenvalue weighted by Crippen LogP contribution is -2.12. The van der Waals surface area contributed by atoms with Gasteiger partial charge in [-0.25, -0.2) is 0 Å². The number of Topliss-reactive ketones (excluding diaryl/α,β-unsaturated/α-hetero) is 1. The molecule has 96 valence electrons. The Hall–Kier alpha value is -2.34. The number of nitriles is 1. The summed E-state index contributed by atoms with van der Waals surface area (Å²) in [5, 5.41) is 9.30. The van der Waals surface area contributed by atoms with Gasteiger partial charge in [0.05, 0.1) is 11.6 Å². The first-order valence-electron chi connectivity index (χ1n) is 6.11. The van der Waals surface area contributed by atoms with E-state index >= 15 is 0 Å². The molecular formula is C16H15NO2. The van der Waals surface area contributed by atoms with Gasteiger partial charge in [0.25, 0.3) is 0 Å². The smallest absolute Gasteiger partial charge is 0.188 e. The number of hydrogen-bond donors (Lipinski definition) is 0. The van der Waals surface area contributed by atoms with Gasteiger partial charge in [-0.2, -0.15) is 5.26 Å². The van der Waals surface area contributed by atoms with E-state index in [1.54, 1.807) is 19.1 Å². The van der Waals surface area contributed by atoms with Gasteiger partial charge in [0.2, 0.25) is 0 Å². The van der Waals surface area contributed by atoms with Crippen molar-refractivity contribution < 1.29 is 9.21 Å². The highest BCUT2D eigenvalue weighted by Gasteiger charge is 2.27. The molecule has 1 atom stereocenters. The number of carbonyl (C=O) groups excluding carboxylic acids is 1. The van der Waals surface area contributed by atoms with E-state index in [0.717, 1.165) is 11.3 Å². The second-order valence-corrected chi connectivity index (χ2v) is 4.55. The van der Waals surface area contributed by atoms with Crippen molar-refractivity contribution in [3.63, 3.8) is 0 Å². The highest BCUT2D eigenvalue weighted by atomic mass is 16.3. The number of carbonyl (C=O) groups is 1. The highest BCUT2D eigenvalue weighted by molar-refractivity contribution is 6.04. The van der Waals surface area contributed by atoms with Crippen LogP contribution in [0.1, 0.15) is 38.9 Å². The first kappa shape index (κ1) is 13.1. The average molecular weight is 253 g/mol. The van der Waals surface area contributed by atoms with Crippen LogP contribution in [0.15, 0.2) is 34.7 Å². The number of nitrogens with zero attached hydrogens (tertiary/aromatic N) is 1. The van der Waals surface area contributed by atoms with Crippen LogP contribution in [0.5, 0.6) is 0 Å². The standard InChI is InChI=1S/C16H15NO2/c1-10-11(2)19-12(3)15(10)16(18)14(9-17)13-7-5-4-6-8-13/h4-8,14H,1-3H3. The molecule has 1 aromatic heterocycles. The fourth-order valence-electron chi connectivity index (χ4n) is 2.23. The fourth-order valence-corrected chi connectivity index (χ4v) is 2.23. The van der Waals surface area contributed by atoms with Crippen molar-refractivity contribution in [3.8, 4) is 6.07 Å². The van der Waals surface area contributed by atoms with Crippen LogP contribution in [-0.2, 0) is 0 Å². The van der Waals surface area contributed by atoms with Crippen molar-refractivity contribution in [2.75, 3.05) is 0 Å². The highest BCUT2D eigenvalue weighted by Crippen LogP contribution is 2.27. The molecule has 0 saturated carbocycles. The van der Waals surface area contributed by atoms with E-state index < -0.39 is 5.92 Å². The number of aryl methyl sites for hydroxylation is 2. The molecule has 3 heteroatoms. The molecule has 2 aromatic rings. The Kier molecular flexibility index (Phi) is 3.52. The maximum absolute atomic E-state index is 12.5. The number of furan rings is 1. The molecule has 1 aromatic carbocycles. The molecule has 1 heterocycles. The van der Waals surface area contributed by atoms with E-state index in [-0.39, 0.29) is 5.78 Å². The summed E-state index contributed by atoms with van der Waals surface area (Å²) >= 11 is 0. The van der Waals surface area contributed by atoms with Gasteiger partial charge < -0.3 is 4.42 Å². The summed E-state index contributed by atoms with van der Waals surface area (Å²) in [6, 6.07) is 11.2. The van der Waals surface area contributed by atoms with Gasteiger partial charge in [0, 0.05) is 5.56 Å². The van der Waals surface area contributed by atoms with Crippen LogP contribution in [0.4, 0.5) is 0 Å². The molecule has 0 radical (unpaired) electrons. The minimum absolute atomic E-state index is 0.194. The molecule has 0 amide bonds. The van der Waals surface area contributed by atoms with Gasteiger partial charge in [-0.05, 0) is 26.3 Å². The molecule has 0 aliphatic rings. The topological polar surface area (TPSA) is 54.0 Å². The number of rotatable bonds is 3. The summed E-state index contributed by atoms with van der Waals surface area (Å²) in [5.74, 6) is 0.331. The van der Waals surface area contributed by atoms with Crippen molar-refractivity contribution in [2.45, 2.75) is 26.7 Å². The molecule has 19 heavy (non-hydrogen) atoms.